The Bertz CT molecular complexity index is 897. The van der Waals surface area contributed by atoms with E-state index in [4.69, 9.17) is 22.0 Å². The van der Waals surface area contributed by atoms with Crippen LogP contribution in [0, 0.1) is 5.82 Å². The van der Waals surface area contributed by atoms with Crippen molar-refractivity contribution in [2.45, 2.75) is 13.5 Å². The molecule has 1 amide bonds. The average molecular weight is 456 g/mol. The number of anilines is 1. The van der Waals surface area contributed by atoms with Crippen LogP contribution in [-0.4, -0.2) is 55.4 Å². The lowest BCUT2D eigenvalue weighted by atomic mass is 10.1. The van der Waals surface area contributed by atoms with E-state index in [9.17, 15) is 9.18 Å². The fraction of sp³-hybridized carbons (Fsp3) is 0.316. The van der Waals surface area contributed by atoms with Crippen LogP contribution < -0.4 is 22.2 Å². The van der Waals surface area contributed by atoms with Gasteiger partial charge in [0.15, 0.2) is 5.84 Å². The Morgan fingerprint density at radius 1 is 1.45 bits per heavy atom. The molecular formula is C19H27ClFN7O3. The molecular weight excluding hydrogens is 429 g/mol. The number of aromatic nitrogens is 1. The number of carbonyl (C=O) groups is 1. The predicted octanol–water partition coefficient (Wildman–Crippen LogP) is 2.02. The summed E-state index contributed by atoms with van der Waals surface area (Å²) in [6.45, 7) is 0.506. The summed E-state index contributed by atoms with van der Waals surface area (Å²) >= 11 is 4.50. The first-order valence-electron chi connectivity index (χ1n) is 8.72. The number of hydrogen-bond donors (Lipinski definition) is 3. The highest BCUT2D eigenvalue weighted by molar-refractivity contribution is 6.07. The fourth-order valence-electron chi connectivity index (χ4n) is 2.69. The number of benzene rings is 1. The van der Waals surface area contributed by atoms with E-state index in [1.807, 2.05) is 0 Å². The minimum atomic E-state index is -0.539. The van der Waals surface area contributed by atoms with Crippen molar-refractivity contribution in [2.75, 3.05) is 32.1 Å². The maximum Gasteiger partial charge on any atom is 0.414 e. The number of amides is 1. The van der Waals surface area contributed by atoms with Crippen molar-refractivity contribution in [1.29, 1.82) is 0 Å². The second-order valence-corrected chi connectivity index (χ2v) is 6.47. The number of nitrogens with zero attached hydrogens (tertiary/aromatic N) is 4. The minimum absolute atomic E-state index is 0. The quantitative estimate of drug-likeness (QED) is 0.268. The first-order chi connectivity index (χ1) is 14.3. The van der Waals surface area contributed by atoms with Crippen LogP contribution in [0.5, 0.6) is 0 Å². The minimum Gasteiger partial charge on any atom is -0.443 e. The van der Waals surface area contributed by atoms with Crippen LogP contribution in [0.3, 0.4) is 0 Å². The zero-order valence-corrected chi connectivity index (χ0v) is 17.2. The SMILES string of the molecule is C.CN(N)/N=C(\N)c1ccc(-c2ccc(N3CC(CN)OC3=O)cc2F)cn1.COCl. The molecule has 1 aliphatic rings. The van der Waals surface area contributed by atoms with Gasteiger partial charge in [-0.3, -0.25) is 14.2 Å². The van der Waals surface area contributed by atoms with Gasteiger partial charge in [-0.2, -0.15) is 0 Å². The molecule has 3 rings (SSSR count). The van der Waals surface area contributed by atoms with E-state index >= 15 is 0 Å². The molecule has 1 unspecified atom stereocenters. The number of cyclic esters (lactones) is 1. The summed E-state index contributed by atoms with van der Waals surface area (Å²) < 4.78 is 23.4. The second kappa shape index (κ2) is 12.0. The number of nitrogens with two attached hydrogens (primary N) is 3. The van der Waals surface area contributed by atoms with Crippen LogP contribution >= 0.6 is 11.9 Å². The maximum absolute atomic E-state index is 14.6. The Morgan fingerprint density at radius 2 is 2.13 bits per heavy atom. The van der Waals surface area contributed by atoms with Gasteiger partial charge in [0.05, 0.1) is 31.2 Å². The summed E-state index contributed by atoms with van der Waals surface area (Å²) in [6.07, 6.45) is 0.556. The third-order valence-corrected chi connectivity index (χ3v) is 4.00. The molecule has 2 aromatic rings. The zero-order valence-electron chi connectivity index (χ0n) is 16.5. The molecule has 0 spiro atoms. The van der Waals surface area contributed by atoms with Crippen LogP contribution in [0.4, 0.5) is 14.9 Å². The fourth-order valence-corrected chi connectivity index (χ4v) is 2.69. The van der Waals surface area contributed by atoms with Gasteiger partial charge in [-0.05, 0) is 24.3 Å². The standard InChI is InChI=1S/C17H20FN7O2.CH3ClO.CH4/c1-24(21)23-16(20)15-5-2-10(8-22-15)13-4-3-11(6-14(13)18)25-9-12(7-19)27-17(25)26;1-3-2;/h2-6,8,12H,7,9,19,21H2,1H3,(H2,20,23);1H3;1H4. The molecule has 1 saturated heterocycles. The summed E-state index contributed by atoms with van der Waals surface area (Å²) in [7, 11) is 2.92. The van der Waals surface area contributed by atoms with Crippen molar-refractivity contribution in [3.8, 4) is 11.1 Å². The Labute approximate surface area is 185 Å². The van der Waals surface area contributed by atoms with Crippen LogP contribution in [0.2, 0.25) is 0 Å². The van der Waals surface area contributed by atoms with Crippen molar-refractivity contribution >= 4 is 29.5 Å². The van der Waals surface area contributed by atoms with Gasteiger partial charge in [0, 0.05) is 30.9 Å². The Kier molecular flexibility index (Phi) is 10.1. The van der Waals surface area contributed by atoms with Crippen LogP contribution in [0.15, 0.2) is 41.6 Å². The van der Waals surface area contributed by atoms with Crippen molar-refractivity contribution in [2.24, 2.45) is 22.4 Å². The van der Waals surface area contributed by atoms with Crippen LogP contribution in [-0.2, 0) is 9.03 Å². The molecule has 10 nitrogen and oxygen atoms in total. The second-order valence-electron chi connectivity index (χ2n) is 6.16. The average Bonchev–Trinajstić information content (AvgIpc) is 3.09. The topological polar surface area (TPSA) is 145 Å². The van der Waals surface area contributed by atoms with Gasteiger partial charge in [-0.1, -0.05) is 13.5 Å². The molecule has 0 bridgehead atoms. The third-order valence-electron chi connectivity index (χ3n) is 4.00. The smallest absolute Gasteiger partial charge is 0.414 e. The molecule has 1 aromatic carbocycles. The molecule has 12 heteroatoms. The molecule has 31 heavy (non-hydrogen) atoms. The largest absolute Gasteiger partial charge is 0.443 e. The van der Waals surface area contributed by atoms with Crippen molar-refractivity contribution in [3.63, 3.8) is 0 Å². The molecule has 0 radical (unpaired) electrons. The van der Waals surface area contributed by atoms with Crippen molar-refractivity contribution in [1.82, 2.24) is 10.1 Å². The molecule has 170 valence electrons. The van der Waals surface area contributed by atoms with Gasteiger partial charge < -0.3 is 16.2 Å². The van der Waals surface area contributed by atoms with Crippen LogP contribution in [0.25, 0.3) is 11.1 Å². The van der Waals surface area contributed by atoms with Gasteiger partial charge in [-0.25, -0.2) is 20.1 Å². The van der Waals surface area contributed by atoms with Gasteiger partial charge in [-0.15, -0.1) is 5.10 Å². The van der Waals surface area contributed by atoms with E-state index < -0.39 is 18.0 Å². The lowest BCUT2D eigenvalue weighted by Gasteiger charge is -2.14. The number of amidine groups is 1. The Morgan fingerprint density at radius 3 is 2.61 bits per heavy atom. The lowest BCUT2D eigenvalue weighted by molar-refractivity contribution is 0.145. The number of pyridine rings is 1. The molecule has 1 fully saturated rings. The summed E-state index contributed by atoms with van der Waals surface area (Å²) in [6, 6.07) is 7.80. The van der Waals surface area contributed by atoms with Crippen molar-refractivity contribution in [3.05, 3.63) is 48.0 Å². The first kappa shape index (κ1) is 26.0. The van der Waals surface area contributed by atoms with E-state index in [1.165, 1.54) is 31.3 Å². The highest BCUT2D eigenvalue weighted by atomic mass is 35.5. The van der Waals surface area contributed by atoms with Gasteiger partial charge in [0.2, 0.25) is 0 Å². The highest BCUT2D eigenvalue weighted by Crippen LogP contribution is 2.28. The monoisotopic (exact) mass is 455 g/mol. The summed E-state index contributed by atoms with van der Waals surface area (Å²) in [4.78, 5) is 17.4. The summed E-state index contributed by atoms with van der Waals surface area (Å²) in [5, 5.41) is 4.93. The summed E-state index contributed by atoms with van der Waals surface area (Å²) in [5.41, 5.74) is 13.0. The molecule has 0 aliphatic carbocycles. The summed E-state index contributed by atoms with van der Waals surface area (Å²) in [5.74, 6) is 5.06. The lowest BCUT2D eigenvalue weighted by Crippen LogP contribution is -2.27. The first-order valence-corrected chi connectivity index (χ1v) is 9.03. The number of carbonyl (C=O) groups excluding carboxylic acids is 1. The molecule has 6 N–H and O–H groups in total. The van der Waals surface area contributed by atoms with E-state index in [0.29, 0.717) is 29.1 Å². The van der Waals surface area contributed by atoms with Crippen LogP contribution in [0.1, 0.15) is 13.1 Å². The molecule has 1 aromatic heterocycles. The van der Waals surface area contributed by atoms with Gasteiger partial charge in [0.25, 0.3) is 0 Å². The van der Waals surface area contributed by atoms with E-state index in [2.05, 4.69) is 26.2 Å². The number of hydrazone groups is 1. The Balaban J connectivity index is 0.00000113. The molecule has 0 saturated carbocycles. The highest BCUT2D eigenvalue weighted by Gasteiger charge is 2.31. The third kappa shape index (κ3) is 6.76. The number of hydrazine groups is 1. The molecule has 1 aliphatic heterocycles. The normalized spacial score (nSPS) is 15.5. The Hall–Kier alpha value is -2.99. The number of hydrogen-bond acceptors (Lipinski definition) is 8. The molecule has 2 heterocycles. The maximum atomic E-state index is 14.6. The molecule has 1 atom stereocenters. The van der Waals surface area contributed by atoms with Crippen molar-refractivity contribution < 1.29 is 18.2 Å². The van der Waals surface area contributed by atoms with E-state index in [1.54, 1.807) is 24.3 Å². The van der Waals surface area contributed by atoms with E-state index in [0.717, 1.165) is 5.12 Å². The predicted molar refractivity (Wildman–Crippen MR) is 119 cm³/mol. The van der Waals surface area contributed by atoms with E-state index in [-0.39, 0.29) is 19.8 Å². The zero-order chi connectivity index (χ0) is 22.3. The number of halogens is 2. The van der Waals surface area contributed by atoms with Gasteiger partial charge >= 0.3 is 6.09 Å². The van der Waals surface area contributed by atoms with Gasteiger partial charge in [0.1, 0.15) is 17.6 Å². The number of rotatable bonds is 5. The number of ether oxygens (including phenoxy) is 1.